The Morgan fingerprint density at radius 1 is 0.561 bits per heavy atom. The average molecular weight is 1120 g/mol. The Kier molecular flexibility index (Phi) is 22.3. The number of hydrogen-bond donors (Lipinski definition) is 12. The Morgan fingerprint density at radius 2 is 1.04 bits per heavy atom. The Labute approximate surface area is 475 Å². The maximum absolute atomic E-state index is 15.1. The summed E-state index contributed by atoms with van der Waals surface area (Å²) < 4.78 is 0. The first-order valence-electron chi connectivity index (χ1n) is 27.8. The summed E-state index contributed by atoms with van der Waals surface area (Å²) in [4.78, 5) is 135. The second-order valence-electron chi connectivity index (χ2n) is 20.7. The molecule has 0 aliphatic carbocycles. The van der Waals surface area contributed by atoms with Crippen LogP contribution in [0.1, 0.15) is 74.1 Å². The fraction of sp³-hybridized carbons (Fsp3) is 0.383. The molecule has 9 amide bonds. The number of nitrogens with two attached hydrogens (primary N) is 2. The van der Waals surface area contributed by atoms with Crippen LogP contribution in [0, 0.1) is 0 Å². The summed E-state index contributed by atoms with van der Waals surface area (Å²) >= 11 is 0. The van der Waals surface area contributed by atoms with E-state index in [-0.39, 0.29) is 77.4 Å². The summed E-state index contributed by atoms with van der Waals surface area (Å²) in [5, 5.41) is 32.2. The molecule has 6 aromatic rings. The first-order chi connectivity index (χ1) is 39.6. The van der Waals surface area contributed by atoms with Gasteiger partial charge >= 0.3 is 0 Å². The van der Waals surface area contributed by atoms with Crippen LogP contribution in [0.4, 0.5) is 0 Å². The number of rotatable bonds is 15. The Hall–Kier alpha value is -8.89. The lowest BCUT2D eigenvalue weighted by molar-refractivity contribution is -0.140. The highest BCUT2D eigenvalue weighted by Crippen LogP contribution is 2.22. The van der Waals surface area contributed by atoms with Crippen LogP contribution in [-0.4, -0.2) is 142 Å². The molecular weight excluding hydrogens is 1050 g/mol. The highest BCUT2D eigenvalue weighted by molar-refractivity contribution is 5.98. The molecule has 7 rings (SSSR count). The quantitative estimate of drug-likeness (QED) is 0.0651. The summed E-state index contributed by atoms with van der Waals surface area (Å²) in [6.07, 6.45) is 2.46. The zero-order valence-electron chi connectivity index (χ0n) is 45.9. The second kappa shape index (κ2) is 30.1. The van der Waals surface area contributed by atoms with Crippen molar-refractivity contribution in [2.75, 3.05) is 26.2 Å². The van der Waals surface area contributed by atoms with Crippen molar-refractivity contribution in [1.82, 2.24) is 52.1 Å². The lowest BCUT2D eigenvalue weighted by Crippen LogP contribution is -2.62. The van der Waals surface area contributed by atoms with Crippen molar-refractivity contribution in [3.05, 3.63) is 144 Å². The van der Waals surface area contributed by atoms with Gasteiger partial charge in [0.15, 0.2) is 0 Å². The van der Waals surface area contributed by atoms with Crippen LogP contribution in [0.2, 0.25) is 0 Å². The Bertz CT molecular complexity index is 3160. The molecule has 4 aromatic carbocycles. The second-order valence-corrected chi connectivity index (χ2v) is 20.7. The topological polar surface area (TPSA) is 345 Å². The monoisotopic (exact) mass is 1120 g/mol. The molecule has 22 heteroatoms. The number of carbonyl (C=O) groups excluding carboxylic acids is 9. The van der Waals surface area contributed by atoms with Crippen LogP contribution in [0.3, 0.4) is 0 Å². The van der Waals surface area contributed by atoms with Crippen molar-refractivity contribution in [2.24, 2.45) is 11.5 Å². The number of aromatic amines is 2. The number of hydrogen-bond acceptors (Lipinski definition) is 11. The number of nitrogens with zero attached hydrogens (tertiary/aromatic N) is 1. The summed E-state index contributed by atoms with van der Waals surface area (Å²) in [6, 6.07) is 24.1. The SMILES string of the molecule is C[C@@H](O)[C@@H]1NC(=O)[C@H](CCCCN)NC(=O)[C@@H](Cc2c[nH]c3ccccc23)NC(=O)[C@H](Cc2c[nH]c3ccccc23)NC(=O)[C@H](Cc2ccccc2)NC(=O)CCCNC(=O)CCCN(CC(N)=O)C(=O)[C@H](Cc2ccccc2)NC1=O. The number of nitrogens with one attached hydrogen (secondary N) is 9. The number of H-pyrrole nitrogens is 2. The number of amides is 9. The van der Waals surface area contributed by atoms with Gasteiger partial charge in [0.05, 0.1) is 12.6 Å². The predicted molar refractivity (Wildman–Crippen MR) is 308 cm³/mol. The van der Waals surface area contributed by atoms with Gasteiger partial charge in [-0.05, 0) is 80.0 Å². The van der Waals surface area contributed by atoms with Gasteiger partial charge in [-0.1, -0.05) is 97.1 Å². The number of primary amides is 1. The standard InChI is InChI=1S/C60H74N12O10/c1-37(73)54-59(81)70-50(31-39-18-6-3-7-19-39)60(82)72(36-51(62)74)29-15-26-52(75)63-28-14-25-53(76)66-47(30-38-16-4-2-5-17-38)56(78)68-49(33-41-35-65-45-23-11-9-21-43(41)45)58(80)69-48(32-40-34-64-44-22-10-8-20-42(40)44)57(79)67-46(55(77)71-54)24-12-13-27-61/h2-11,16-23,34-35,37,46-50,54,64-65,73H,12-15,24-33,36,61H2,1H3,(H2,62,74)(H,63,75)(H,66,76)(H,67,79)(H,68,78)(H,69,80)(H,70,81)(H,71,77)/t37-,46+,47+,48-,49+,50+,54+/m1/s1. The number of para-hydroxylation sites is 2. The Balaban J connectivity index is 1.26. The number of aromatic nitrogens is 2. The first kappa shape index (κ1) is 60.7. The maximum Gasteiger partial charge on any atom is 0.245 e. The molecule has 0 saturated carbocycles. The zero-order chi connectivity index (χ0) is 58.5. The van der Waals surface area contributed by atoms with Gasteiger partial charge in [0.25, 0.3) is 0 Å². The van der Waals surface area contributed by atoms with Gasteiger partial charge in [-0.25, -0.2) is 0 Å². The van der Waals surface area contributed by atoms with Gasteiger partial charge in [-0.2, -0.15) is 0 Å². The molecular formula is C60H74N12O10. The van der Waals surface area contributed by atoms with Crippen molar-refractivity contribution >= 4 is 75.0 Å². The van der Waals surface area contributed by atoms with Gasteiger partial charge in [-0.3, -0.25) is 43.2 Å². The van der Waals surface area contributed by atoms with Crippen molar-refractivity contribution in [3.8, 4) is 0 Å². The molecule has 2 aromatic heterocycles. The van der Waals surface area contributed by atoms with E-state index in [1.165, 1.54) is 6.92 Å². The van der Waals surface area contributed by atoms with E-state index in [0.29, 0.717) is 35.1 Å². The highest BCUT2D eigenvalue weighted by atomic mass is 16.3. The third-order valence-corrected chi connectivity index (χ3v) is 14.3. The number of fused-ring (bicyclic) bond motifs is 2. The van der Waals surface area contributed by atoms with E-state index < -0.39 is 102 Å². The molecule has 0 radical (unpaired) electrons. The number of aliphatic hydroxyl groups is 1. The smallest absolute Gasteiger partial charge is 0.245 e. The minimum Gasteiger partial charge on any atom is -0.391 e. The summed E-state index contributed by atoms with van der Waals surface area (Å²) in [5.74, 6) is -6.62. The summed E-state index contributed by atoms with van der Waals surface area (Å²) in [7, 11) is 0. The molecule has 0 spiro atoms. The van der Waals surface area contributed by atoms with Crippen LogP contribution in [-0.2, 0) is 68.8 Å². The minimum atomic E-state index is -1.70. The molecule has 0 unspecified atom stereocenters. The van der Waals surface area contributed by atoms with E-state index in [0.717, 1.165) is 26.7 Å². The third-order valence-electron chi connectivity index (χ3n) is 14.3. The van der Waals surface area contributed by atoms with E-state index >= 15 is 9.59 Å². The molecule has 1 fully saturated rings. The van der Waals surface area contributed by atoms with Crippen molar-refractivity contribution in [3.63, 3.8) is 0 Å². The highest BCUT2D eigenvalue weighted by Gasteiger charge is 2.36. The summed E-state index contributed by atoms with van der Waals surface area (Å²) in [5.41, 5.74) is 15.6. The molecule has 7 atom stereocenters. The van der Waals surface area contributed by atoms with Crippen LogP contribution >= 0.6 is 0 Å². The lowest BCUT2D eigenvalue weighted by atomic mass is 10.00. The molecule has 3 heterocycles. The van der Waals surface area contributed by atoms with Gasteiger partial charge in [0.1, 0.15) is 36.3 Å². The largest absolute Gasteiger partial charge is 0.391 e. The minimum absolute atomic E-state index is 0.000336. The van der Waals surface area contributed by atoms with E-state index in [9.17, 15) is 38.7 Å². The van der Waals surface area contributed by atoms with Crippen molar-refractivity contribution in [1.29, 1.82) is 0 Å². The number of unbranched alkanes of at least 4 members (excludes halogenated alkanes) is 1. The maximum atomic E-state index is 15.1. The van der Waals surface area contributed by atoms with Crippen LogP contribution < -0.4 is 48.7 Å². The average Bonchev–Trinajstić information content (AvgIpc) is 4.31. The number of aliphatic hydroxyl groups excluding tert-OH is 1. The number of benzene rings is 4. The Morgan fingerprint density at radius 3 is 1.57 bits per heavy atom. The van der Waals surface area contributed by atoms with Gasteiger partial charge in [0, 0.05) is 85.8 Å². The fourth-order valence-corrected chi connectivity index (χ4v) is 10.0. The van der Waals surface area contributed by atoms with Gasteiger partial charge in [0.2, 0.25) is 53.2 Å². The molecule has 82 heavy (non-hydrogen) atoms. The van der Waals surface area contributed by atoms with Crippen LogP contribution in [0.15, 0.2) is 122 Å². The molecule has 1 aliphatic rings. The van der Waals surface area contributed by atoms with E-state index in [2.05, 4.69) is 47.2 Å². The third kappa shape index (κ3) is 17.6. The van der Waals surface area contributed by atoms with Gasteiger partial charge in [-0.15, -0.1) is 0 Å². The molecule has 1 saturated heterocycles. The molecule has 14 N–H and O–H groups in total. The molecule has 0 bridgehead atoms. The van der Waals surface area contributed by atoms with Crippen LogP contribution in [0.25, 0.3) is 21.8 Å². The lowest BCUT2D eigenvalue weighted by Gasteiger charge is -2.30. The normalized spacial score (nSPS) is 21.4. The number of carbonyl (C=O) groups is 9. The first-order valence-corrected chi connectivity index (χ1v) is 27.8. The predicted octanol–water partition coefficient (Wildman–Crippen LogP) is 1.34. The van der Waals surface area contributed by atoms with E-state index in [1.54, 1.807) is 67.0 Å². The molecule has 1 aliphatic heterocycles. The van der Waals surface area contributed by atoms with E-state index in [1.807, 2.05) is 54.6 Å². The van der Waals surface area contributed by atoms with E-state index in [4.69, 9.17) is 11.5 Å². The van der Waals surface area contributed by atoms with Gasteiger partial charge < -0.3 is 68.7 Å². The van der Waals surface area contributed by atoms with Crippen molar-refractivity contribution < 1.29 is 48.3 Å². The van der Waals surface area contributed by atoms with Crippen molar-refractivity contribution in [2.45, 2.75) is 120 Å². The van der Waals surface area contributed by atoms with Crippen LogP contribution in [0.5, 0.6) is 0 Å². The fourth-order valence-electron chi connectivity index (χ4n) is 10.0. The zero-order valence-corrected chi connectivity index (χ0v) is 45.9. The molecule has 22 nitrogen and oxygen atoms in total. The summed E-state index contributed by atoms with van der Waals surface area (Å²) in [6.45, 7) is 0.898. The molecule has 434 valence electrons.